The molecule has 1 saturated heterocycles. The number of rotatable bonds is 2. The molecular weight excluding hydrogens is 353 g/mol. The first-order valence-corrected chi connectivity index (χ1v) is 9.72. The highest BCUT2D eigenvalue weighted by Crippen LogP contribution is 2.43. The lowest BCUT2D eigenvalue weighted by Crippen LogP contribution is -2.51. The van der Waals surface area contributed by atoms with Crippen molar-refractivity contribution < 1.29 is 9.18 Å². The Bertz CT molecular complexity index is 1020. The van der Waals surface area contributed by atoms with Gasteiger partial charge in [-0.05, 0) is 54.8 Å². The number of halogens is 1. The second-order valence-electron chi connectivity index (χ2n) is 7.67. The van der Waals surface area contributed by atoms with Crippen LogP contribution in [0.5, 0.6) is 0 Å². The highest BCUT2D eigenvalue weighted by molar-refractivity contribution is 5.79. The average Bonchev–Trinajstić information content (AvgIpc) is 3.22. The van der Waals surface area contributed by atoms with E-state index in [0.717, 1.165) is 24.1 Å². The molecule has 2 aliphatic heterocycles. The van der Waals surface area contributed by atoms with E-state index < -0.39 is 0 Å². The van der Waals surface area contributed by atoms with E-state index in [4.69, 9.17) is 0 Å². The molecule has 1 amide bonds. The number of fused-ring (bicyclic) bond motifs is 4. The quantitative estimate of drug-likeness (QED) is 0.732. The molecule has 4 nitrogen and oxygen atoms in total. The van der Waals surface area contributed by atoms with Gasteiger partial charge in [-0.25, -0.2) is 4.39 Å². The van der Waals surface area contributed by atoms with Gasteiger partial charge in [0.25, 0.3) is 0 Å². The van der Waals surface area contributed by atoms with Crippen LogP contribution in [0.15, 0.2) is 66.9 Å². The molecule has 0 saturated carbocycles. The number of para-hydroxylation sites is 2. The van der Waals surface area contributed by atoms with E-state index in [0.29, 0.717) is 19.5 Å². The molecule has 1 N–H and O–H groups in total. The Labute approximate surface area is 163 Å². The maximum Gasteiger partial charge on any atom is 0.226 e. The fraction of sp³-hybridized carbons (Fsp3) is 0.261. The van der Waals surface area contributed by atoms with E-state index >= 15 is 0 Å². The normalized spacial score (nSPS) is 17.0. The molecule has 1 fully saturated rings. The van der Waals surface area contributed by atoms with Crippen LogP contribution in [-0.4, -0.2) is 28.5 Å². The number of aromatic nitrogens is 1. The number of nitrogens with zero attached hydrogens (tertiary/aromatic N) is 2. The lowest BCUT2D eigenvalue weighted by Gasteiger charge is -2.46. The van der Waals surface area contributed by atoms with Gasteiger partial charge >= 0.3 is 0 Å². The number of hydrogen-bond acceptors (Lipinski definition) is 2. The largest absolute Gasteiger partial charge is 0.372 e. The Morgan fingerprint density at radius 1 is 1.00 bits per heavy atom. The van der Waals surface area contributed by atoms with E-state index in [1.54, 1.807) is 12.1 Å². The van der Waals surface area contributed by atoms with Gasteiger partial charge in [0.2, 0.25) is 5.91 Å². The van der Waals surface area contributed by atoms with Gasteiger partial charge in [0.15, 0.2) is 0 Å². The third kappa shape index (κ3) is 2.78. The summed E-state index contributed by atoms with van der Waals surface area (Å²) in [5, 5.41) is 3.77. The number of hydrogen-bond donors (Lipinski definition) is 1. The van der Waals surface area contributed by atoms with Crippen LogP contribution in [0.2, 0.25) is 0 Å². The predicted octanol–water partition coefficient (Wildman–Crippen LogP) is 4.10. The summed E-state index contributed by atoms with van der Waals surface area (Å²) in [7, 11) is 0. The Kier molecular flexibility index (Phi) is 3.97. The predicted molar refractivity (Wildman–Crippen MR) is 107 cm³/mol. The van der Waals surface area contributed by atoms with Crippen LogP contribution in [0.3, 0.4) is 0 Å². The SMILES string of the molecule is O=C(Cc1ccc(F)cc1)N1CCC2(CC1)Nc1ccccc1-n1cccc12. The lowest BCUT2D eigenvalue weighted by molar-refractivity contribution is -0.132. The van der Waals surface area contributed by atoms with E-state index in [2.05, 4.69) is 52.5 Å². The molecule has 0 unspecified atom stereocenters. The molecule has 0 aliphatic carbocycles. The van der Waals surface area contributed by atoms with Crippen LogP contribution < -0.4 is 5.32 Å². The van der Waals surface area contributed by atoms with Crippen molar-refractivity contribution in [1.29, 1.82) is 0 Å². The summed E-state index contributed by atoms with van der Waals surface area (Å²) in [6.45, 7) is 1.42. The first-order valence-electron chi connectivity index (χ1n) is 9.72. The highest BCUT2D eigenvalue weighted by Gasteiger charge is 2.42. The Morgan fingerprint density at radius 3 is 2.54 bits per heavy atom. The lowest BCUT2D eigenvalue weighted by atomic mass is 9.82. The van der Waals surface area contributed by atoms with Crippen LogP contribution >= 0.6 is 0 Å². The van der Waals surface area contributed by atoms with Crippen molar-refractivity contribution in [1.82, 2.24) is 9.47 Å². The smallest absolute Gasteiger partial charge is 0.226 e. The summed E-state index contributed by atoms with van der Waals surface area (Å²) in [6.07, 6.45) is 4.16. The molecule has 2 aliphatic rings. The standard InChI is InChI=1S/C23H22FN3O/c24-18-9-7-17(8-10-18)16-22(28)26-14-11-23(12-15-26)21-6-3-13-27(21)20-5-2-1-4-19(20)25-23/h1-10,13,25H,11-12,14-16H2. The van der Waals surface area contributed by atoms with Gasteiger partial charge in [0.1, 0.15) is 5.82 Å². The summed E-state index contributed by atoms with van der Waals surface area (Å²) in [4.78, 5) is 14.7. The van der Waals surface area contributed by atoms with Crippen molar-refractivity contribution in [2.45, 2.75) is 24.8 Å². The minimum absolute atomic E-state index is 0.105. The number of amides is 1. The third-order valence-corrected chi connectivity index (χ3v) is 6.01. The maximum atomic E-state index is 13.1. The molecule has 0 bridgehead atoms. The van der Waals surface area contributed by atoms with Gasteiger partial charge in [-0.1, -0.05) is 24.3 Å². The van der Waals surface area contributed by atoms with E-state index in [1.807, 2.05) is 4.90 Å². The summed E-state index contributed by atoms with van der Waals surface area (Å²) < 4.78 is 15.3. The Hall–Kier alpha value is -3.08. The van der Waals surface area contributed by atoms with Crippen molar-refractivity contribution in [2.24, 2.45) is 0 Å². The number of anilines is 1. The topological polar surface area (TPSA) is 37.3 Å². The zero-order valence-corrected chi connectivity index (χ0v) is 15.6. The van der Waals surface area contributed by atoms with E-state index in [1.165, 1.54) is 23.5 Å². The Balaban J connectivity index is 1.33. The van der Waals surface area contributed by atoms with Crippen molar-refractivity contribution in [3.63, 3.8) is 0 Å². The summed E-state index contributed by atoms with van der Waals surface area (Å²) >= 11 is 0. The van der Waals surface area contributed by atoms with Crippen LogP contribution in [-0.2, 0) is 16.8 Å². The van der Waals surface area contributed by atoms with Crippen molar-refractivity contribution in [3.05, 3.63) is 83.9 Å². The van der Waals surface area contributed by atoms with Crippen molar-refractivity contribution >= 4 is 11.6 Å². The molecule has 5 rings (SSSR count). The highest BCUT2D eigenvalue weighted by atomic mass is 19.1. The summed E-state index contributed by atoms with van der Waals surface area (Å²) in [5.74, 6) is -0.171. The number of benzene rings is 2. The zero-order chi connectivity index (χ0) is 19.1. The zero-order valence-electron chi connectivity index (χ0n) is 15.6. The Morgan fingerprint density at radius 2 is 1.75 bits per heavy atom. The molecule has 5 heteroatoms. The first-order chi connectivity index (χ1) is 13.6. The van der Waals surface area contributed by atoms with Gasteiger partial charge in [0, 0.05) is 25.0 Å². The monoisotopic (exact) mass is 375 g/mol. The molecule has 1 aromatic heterocycles. The molecule has 0 radical (unpaired) electrons. The summed E-state index contributed by atoms with van der Waals surface area (Å²) in [6, 6.07) is 18.8. The number of likely N-dealkylation sites (tertiary alicyclic amines) is 1. The van der Waals surface area contributed by atoms with Crippen molar-refractivity contribution in [3.8, 4) is 5.69 Å². The first kappa shape index (κ1) is 17.0. The maximum absolute atomic E-state index is 13.1. The fourth-order valence-electron chi connectivity index (χ4n) is 4.50. The molecule has 142 valence electrons. The number of piperidine rings is 1. The molecule has 0 atom stereocenters. The molecule has 1 spiro atoms. The number of carbonyl (C=O) groups excluding carboxylic acids is 1. The van der Waals surface area contributed by atoms with E-state index in [9.17, 15) is 9.18 Å². The third-order valence-electron chi connectivity index (χ3n) is 6.01. The van der Waals surface area contributed by atoms with E-state index in [-0.39, 0.29) is 17.3 Å². The van der Waals surface area contributed by atoms with Gasteiger partial charge in [-0.15, -0.1) is 0 Å². The van der Waals surface area contributed by atoms with Crippen LogP contribution in [0.1, 0.15) is 24.1 Å². The van der Waals surface area contributed by atoms with Gasteiger partial charge in [-0.2, -0.15) is 0 Å². The molecule has 3 heterocycles. The molecule has 3 aromatic rings. The van der Waals surface area contributed by atoms with Crippen molar-refractivity contribution in [2.75, 3.05) is 18.4 Å². The minimum Gasteiger partial charge on any atom is -0.372 e. The second kappa shape index (κ2) is 6.51. The summed E-state index contributed by atoms with van der Waals surface area (Å²) in [5.41, 5.74) is 4.27. The molecule has 28 heavy (non-hydrogen) atoms. The van der Waals surface area contributed by atoms with Crippen LogP contribution in [0.4, 0.5) is 10.1 Å². The second-order valence-corrected chi connectivity index (χ2v) is 7.67. The molecule has 2 aromatic carbocycles. The minimum atomic E-state index is -0.275. The number of carbonyl (C=O) groups is 1. The average molecular weight is 375 g/mol. The number of nitrogens with one attached hydrogen (secondary N) is 1. The van der Waals surface area contributed by atoms with Gasteiger partial charge in [0.05, 0.1) is 23.3 Å². The van der Waals surface area contributed by atoms with Gasteiger partial charge in [-0.3, -0.25) is 4.79 Å². The van der Waals surface area contributed by atoms with Crippen LogP contribution in [0.25, 0.3) is 5.69 Å². The van der Waals surface area contributed by atoms with Crippen LogP contribution in [0, 0.1) is 5.82 Å². The fourth-order valence-corrected chi connectivity index (χ4v) is 4.50. The van der Waals surface area contributed by atoms with Gasteiger partial charge < -0.3 is 14.8 Å². The molecular formula is C23H22FN3O.